The van der Waals surface area contributed by atoms with E-state index in [1.165, 1.54) is 6.42 Å². The SMILES string of the molecule is CC1CC(C)CN(c2cccc(CNC(C)C)n2)C1. The summed E-state index contributed by atoms with van der Waals surface area (Å²) < 4.78 is 0. The van der Waals surface area contributed by atoms with Crippen molar-refractivity contribution < 1.29 is 0 Å². The average molecular weight is 261 g/mol. The van der Waals surface area contributed by atoms with Crippen LogP contribution in [0.4, 0.5) is 5.82 Å². The second kappa shape index (κ2) is 6.38. The van der Waals surface area contributed by atoms with Crippen LogP contribution in [0.1, 0.15) is 39.8 Å². The van der Waals surface area contributed by atoms with Crippen molar-refractivity contribution in [2.75, 3.05) is 18.0 Å². The van der Waals surface area contributed by atoms with E-state index in [4.69, 9.17) is 4.98 Å². The Morgan fingerprint density at radius 3 is 2.58 bits per heavy atom. The van der Waals surface area contributed by atoms with Gasteiger partial charge in [-0.2, -0.15) is 0 Å². The lowest BCUT2D eigenvalue weighted by atomic mass is 9.92. The normalized spacial score (nSPS) is 23.9. The Labute approximate surface area is 117 Å². The van der Waals surface area contributed by atoms with Crippen LogP contribution in [0, 0.1) is 11.8 Å². The molecule has 2 atom stereocenters. The molecule has 106 valence electrons. The molecule has 2 rings (SSSR count). The summed E-state index contributed by atoms with van der Waals surface area (Å²) in [5.74, 6) is 2.67. The monoisotopic (exact) mass is 261 g/mol. The summed E-state index contributed by atoms with van der Waals surface area (Å²) in [4.78, 5) is 7.24. The van der Waals surface area contributed by atoms with Crippen LogP contribution in [-0.4, -0.2) is 24.1 Å². The highest BCUT2D eigenvalue weighted by molar-refractivity contribution is 5.40. The van der Waals surface area contributed by atoms with Gasteiger partial charge in [-0.25, -0.2) is 4.98 Å². The topological polar surface area (TPSA) is 28.2 Å². The second-order valence-electron chi connectivity index (χ2n) is 6.37. The zero-order valence-electron chi connectivity index (χ0n) is 12.7. The molecule has 0 aromatic carbocycles. The molecule has 19 heavy (non-hydrogen) atoms. The van der Waals surface area contributed by atoms with E-state index < -0.39 is 0 Å². The molecule has 0 bridgehead atoms. The average Bonchev–Trinajstić information content (AvgIpc) is 2.35. The Bertz CT molecular complexity index is 393. The molecule has 0 radical (unpaired) electrons. The van der Waals surface area contributed by atoms with Gasteiger partial charge >= 0.3 is 0 Å². The molecular weight excluding hydrogens is 234 g/mol. The highest BCUT2D eigenvalue weighted by atomic mass is 15.2. The molecule has 3 nitrogen and oxygen atoms in total. The number of aromatic nitrogens is 1. The Kier molecular flexibility index (Phi) is 4.81. The van der Waals surface area contributed by atoms with Gasteiger partial charge in [0, 0.05) is 25.7 Å². The predicted octanol–water partition coefficient (Wildman–Crippen LogP) is 3.06. The number of nitrogens with one attached hydrogen (secondary N) is 1. The van der Waals surface area contributed by atoms with Crippen molar-refractivity contribution in [1.29, 1.82) is 0 Å². The Morgan fingerprint density at radius 2 is 1.95 bits per heavy atom. The number of anilines is 1. The highest BCUT2D eigenvalue weighted by Crippen LogP contribution is 2.25. The van der Waals surface area contributed by atoms with Crippen molar-refractivity contribution in [2.24, 2.45) is 11.8 Å². The minimum atomic E-state index is 0.500. The van der Waals surface area contributed by atoms with E-state index in [0.29, 0.717) is 6.04 Å². The van der Waals surface area contributed by atoms with Gasteiger partial charge in [-0.3, -0.25) is 0 Å². The van der Waals surface area contributed by atoms with Crippen LogP contribution in [-0.2, 0) is 6.54 Å². The lowest BCUT2D eigenvalue weighted by molar-refractivity contribution is 0.355. The van der Waals surface area contributed by atoms with Gasteiger partial charge in [0.15, 0.2) is 0 Å². The predicted molar refractivity (Wildman–Crippen MR) is 81.4 cm³/mol. The molecule has 0 spiro atoms. The molecule has 0 saturated carbocycles. The summed E-state index contributed by atoms with van der Waals surface area (Å²) in [6, 6.07) is 6.88. The van der Waals surface area contributed by atoms with Gasteiger partial charge in [-0.15, -0.1) is 0 Å². The molecule has 0 amide bonds. The first kappa shape index (κ1) is 14.3. The lowest BCUT2D eigenvalue weighted by Crippen LogP contribution is -2.39. The van der Waals surface area contributed by atoms with Gasteiger partial charge in [-0.05, 0) is 30.4 Å². The fourth-order valence-electron chi connectivity index (χ4n) is 2.90. The van der Waals surface area contributed by atoms with Crippen molar-refractivity contribution in [1.82, 2.24) is 10.3 Å². The van der Waals surface area contributed by atoms with Gasteiger partial charge in [0.25, 0.3) is 0 Å². The maximum atomic E-state index is 4.80. The van der Waals surface area contributed by atoms with Crippen molar-refractivity contribution >= 4 is 5.82 Å². The molecule has 0 aliphatic carbocycles. The van der Waals surface area contributed by atoms with E-state index >= 15 is 0 Å². The van der Waals surface area contributed by atoms with Crippen LogP contribution in [0.2, 0.25) is 0 Å². The number of hydrogen-bond acceptors (Lipinski definition) is 3. The minimum absolute atomic E-state index is 0.500. The molecule has 1 aromatic heterocycles. The van der Waals surface area contributed by atoms with Gasteiger partial charge in [0.2, 0.25) is 0 Å². The summed E-state index contributed by atoms with van der Waals surface area (Å²) in [7, 11) is 0. The summed E-state index contributed by atoms with van der Waals surface area (Å²) in [6.07, 6.45) is 1.34. The maximum absolute atomic E-state index is 4.80. The second-order valence-corrected chi connectivity index (χ2v) is 6.37. The zero-order chi connectivity index (χ0) is 13.8. The first-order valence-electron chi connectivity index (χ1n) is 7.49. The van der Waals surface area contributed by atoms with Crippen LogP contribution in [0.15, 0.2) is 18.2 Å². The van der Waals surface area contributed by atoms with E-state index in [1.807, 2.05) is 0 Å². The quantitative estimate of drug-likeness (QED) is 0.903. The Balaban J connectivity index is 2.05. The maximum Gasteiger partial charge on any atom is 0.128 e. The summed E-state index contributed by atoms with van der Waals surface area (Å²) in [6.45, 7) is 12.1. The van der Waals surface area contributed by atoms with Crippen molar-refractivity contribution in [3.05, 3.63) is 23.9 Å². The van der Waals surface area contributed by atoms with E-state index in [-0.39, 0.29) is 0 Å². The van der Waals surface area contributed by atoms with Gasteiger partial charge in [-0.1, -0.05) is 33.8 Å². The van der Waals surface area contributed by atoms with Crippen molar-refractivity contribution in [2.45, 2.75) is 46.7 Å². The molecule has 1 aliphatic heterocycles. The largest absolute Gasteiger partial charge is 0.356 e. The third kappa shape index (κ3) is 4.20. The van der Waals surface area contributed by atoms with Gasteiger partial charge in [0.1, 0.15) is 5.82 Å². The van der Waals surface area contributed by atoms with E-state index in [1.54, 1.807) is 0 Å². The van der Waals surface area contributed by atoms with Crippen LogP contribution in [0.3, 0.4) is 0 Å². The van der Waals surface area contributed by atoms with E-state index in [9.17, 15) is 0 Å². The molecule has 1 aliphatic rings. The molecule has 1 saturated heterocycles. The number of piperidine rings is 1. The van der Waals surface area contributed by atoms with Crippen molar-refractivity contribution in [3.8, 4) is 0 Å². The first-order chi connectivity index (χ1) is 9.04. The smallest absolute Gasteiger partial charge is 0.128 e. The number of hydrogen-bond donors (Lipinski definition) is 1. The third-order valence-electron chi connectivity index (χ3n) is 3.68. The lowest BCUT2D eigenvalue weighted by Gasteiger charge is -2.36. The van der Waals surface area contributed by atoms with Crippen LogP contribution < -0.4 is 10.2 Å². The third-order valence-corrected chi connectivity index (χ3v) is 3.68. The van der Waals surface area contributed by atoms with E-state index in [2.05, 4.69) is 56.1 Å². The Hall–Kier alpha value is -1.09. The summed E-state index contributed by atoms with van der Waals surface area (Å²) in [5, 5.41) is 3.43. The summed E-state index contributed by atoms with van der Waals surface area (Å²) >= 11 is 0. The molecule has 1 aromatic rings. The van der Waals surface area contributed by atoms with Crippen molar-refractivity contribution in [3.63, 3.8) is 0 Å². The fraction of sp³-hybridized carbons (Fsp3) is 0.688. The molecule has 2 unspecified atom stereocenters. The standard InChI is InChI=1S/C16H27N3/c1-12(2)17-9-15-6-5-7-16(18-15)19-10-13(3)8-14(4)11-19/h5-7,12-14,17H,8-11H2,1-4H3. The number of pyridine rings is 1. The molecule has 1 N–H and O–H groups in total. The summed E-state index contributed by atoms with van der Waals surface area (Å²) in [5.41, 5.74) is 1.14. The molecule has 2 heterocycles. The van der Waals surface area contributed by atoms with Gasteiger partial charge < -0.3 is 10.2 Å². The van der Waals surface area contributed by atoms with Gasteiger partial charge in [0.05, 0.1) is 5.69 Å². The fourth-order valence-corrected chi connectivity index (χ4v) is 2.90. The van der Waals surface area contributed by atoms with E-state index in [0.717, 1.165) is 43.0 Å². The van der Waals surface area contributed by atoms with Crippen LogP contribution in [0.25, 0.3) is 0 Å². The number of nitrogens with zero attached hydrogens (tertiary/aromatic N) is 2. The molecular formula is C16H27N3. The number of rotatable bonds is 4. The van der Waals surface area contributed by atoms with Crippen LogP contribution in [0.5, 0.6) is 0 Å². The molecule has 3 heteroatoms. The van der Waals surface area contributed by atoms with Crippen LogP contribution >= 0.6 is 0 Å². The minimum Gasteiger partial charge on any atom is -0.356 e. The molecule has 1 fully saturated rings. The Morgan fingerprint density at radius 1 is 1.26 bits per heavy atom. The highest BCUT2D eigenvalue weighted by Gasteiger charge is 2.22. The zero-order valence-corrected chi connectivity index (χ0v) is 12.7. The first-order valence-corrected chi connectivity index (χ1v) is 7.49.